The number of halogens is 3. The van der Waals surface area contributed by atoms with Crippen molar-refractivity contribution in [3.8, 4) is 0 Å². The van der Waals surface area contributed by atoms with Gasteiger partial charge in [-0.2, -0.15) is 22.2 Å². The van der Waals surface area contributed by atoms with Crippen LogP contribution in [-0.2, 0) is 0 Å². The minimum atomic E-state index is -0.954. The molecule has 1 aliphatic rings. The second-order valence-electron chi connectivity index (χ2n) is 1.71. The Kier molecular flexibility index (Phi) is 2.08. The van der Waals surface area contributed by atoms with Crippen molar-refractivity contribution in [1.29, 1.82) is 0 Å². The molecule has 0 bridgehead atoms. The van der Waals surface area contributed by atoms with E-state index in [2.05, 4.69) is 0 Å². The van der Waals surface area contributed by atoms with Gasteiger partial charge in [-0.05, 0) is 5.67 Å². The first-order valence-corrected chi connectivity index (χ1v) is 9.03. The van der Waals surface area contributed by atoms with E-state index < -0.39 is 16.2 Å². The molecule has 0 radical (unpaired) electrons. The van der Waals surface area contributed by atoms with Gasteiger partial charge in [0.15, 0.2) is 16.2 Å². The SMILES string of the molecule is ClC1[SiH](Cl)C[SiH]1Cl. The summed E-state index contributed by atoms with van der Waals surface area (Å²) in [5.74, 6) is 0. The molecule has 0 aromatic rings. The smallest absolute Gasteiger partial charge is 0.155 e. The number of rotatable bonds is 0. The summed E-state index contributed by atoms with van der Waals surface area (Å²) in [4.78, 5) is 0. The van der Waals surface area contributed by atoms with Crippen LogP contribution in [0.2, 0.25) is 5.67 Å². The minimum Gasteiger partial charge on any atom is -0.171 e. The zero-order valence-electron chi connectivity index (χ0n) is 3.57. The van der Waals surface area contributed by atoms with Crippen molar-refractivity contribution in [3.05, 3.63) is 0 Å². The van der Waals surface area contributed by atoms with Gasteiger partial charge in [0.25, 0.3) is 0 Å². The van der Waals surface area contributed by atoms with Crippen molar-refractivity contribution in [3.63, 3.8) is 0 Å². The molecule has 0 aliphatic carbocycles. The highest BCUT2D eigenvalue weighted by Gasteiger charge is 2.40. The number of hydrogen-bond donors (Lipinski definition) is 0. The highest BCUT2D eigenvalue weighted by atomic mass is 35.6. The van der Waals surface area contributed by atoms with Gasteiger partial charge in [0.05, 0.1) is 0 Å². The molecule has 7 heavy (non-hydrogen) atoms. The molecule has 5 heteroatoms. The van der Waals surface area contributed by atoms with Crippen LogP contribution in [-0.4, -0.2) is 20.8 Å². The Labute approximate surface area is 60.4 Å². The van der Waals surface area contributed by atoms with Crippen LogP contribution >= 0.6 is 33.8 Å². The van der Waals surface area contributed by atoms with Gasteiger partial charge in [-0.1, -0.05) is 0 Å². The van der Waals surface area contributed by atoms with Gasteiger partial charge < -0.3 is 0 Å². The lowest BCUT2D eigenvalue weighted by molar-refractivity contribution is 1.57. The Hall–Kier alpha value is 1.30. The topological polar surface area (TPSA) is 0 Å². The lowest BCUT2D eigenvalue weighted by atomic mass is 11.7. The van der Waals surface area contributed by atoms with Crippen LogP contribution in [0, 0.1) is 0 Å². The monoisotopic (exact) mass is 190 g/mol. The predicted molar refractivity (Wildman–Crippen MR) is 40.5 cm³/mol. The Morgan fingerprint density at radius 2 is 1.71 bits per heavy atom. The van der Waals surface area contributed by atoms with Gasteiger partial charge in [0, 0.05) is 4.62 Å². The van der Waals surface area contributed by atoms with Crippen LogP contribution in [0.5, 0.6) is 0 Å². The molecule has 0 amide bonds. The molecular weight excluding hydrogens is 187 g/mol. The average Bonchev–Trinajstić information content (AvgIpc) is 1.68. The lowest BCUT2D eigenvalue weighted by Gasteiger charge is -2.28. The Bertz CT molecular complexity index is 69.3. The molecule has 1 aliphatic heterocycles. The van der Waals surface area contributed by atoms with E-state index in [1.807, 2.05) is 0 Å². The zero-order chi connectivity index (χ0) is 5.44. The molecule has 0 N–H and O–H groups in total. The summed E-state index contributed by atoms with van der Waals surface area (Å²) in [5.41, 5.74) is 1.14. The van der Waals surface area contributed by atoms with Crippen LogP contribution in [0.25, 0.3) is 0 Å². The number of hydrogen-bond acceptors (Lipinski definition) is 0. The molecule has 1 heterocycles. The summed E-state index contributed by atoms with van der Waals surface area (Å²) in [6.07, 6.45) is 0. The standard InChI is InChI=1S/C2H5Cl3Si2/c3-2-6(4)1-7(2)5/h2,6-7H,1H2. The van der Waals surface area contributed by atoms with Gasteiger partial charge in [0.2, 0.25) is 0 Å². The molecule has 0 spiro atoms. The Morgan fingerprint density at radius 1 is 1.29 bits per heavy atom. The van der Waals surface area contributed by atoms with Crippen molar-refractivity contribution in [2.24, 2.45) is 0 Å². The van der Waals surface area contributed by atoms with Crippen molar-refractivity contribution in [2.45, 2.75) is 10.3 Å². The van der Waals surface area contributed by atoms with Crippen molar-refractivity contribution in [2.75, 3.05) is 0 Å². The molecule has 0 aromatic carbocycles. The van der Waals surface area contributed by atoms with E-state index in [1.54, 1.807) is 0 Å². The Morgan fingerprint density at radius 3 is 1.71 bits per heavy atom. The van der Waals surface area contributed by atoms with Crippen LogP contribution in [0.3, 0.4) is 0 Å². The summed E-state index contributed by atoms with van der Waals surface area (Å²) >= 11 is 17.2. The zero-order valence-corrected chi connectivity index (χ0v) is 8.15. The summed E-state index contributed by atoms with van der Waals surface area (Å²) < 4.78 is 0.281. The average molecular weight is 192 g/mol. The fourth-order valence-corrected chi connectivity index (χ4v) is 14.5. The van der Waals surface area contributed by atoms with Gasteiger partial charge in [-0.25, -0.2) is 0 Å². The van der Waals surface area contributed by atoms with Crippen molar-refractivity contribution < 1.29 is 0 Å². The quantitative estimate of drug-likeness (QED) is 0.306. The Balaban J connectivity index is 2.29. The fourth-order valence-electron chi connectivity index (χ4n) is 0.506. The molecule has 0 nitrogen and oxygen atoms in total. The van der Waals surface area contributed by atoms with E-state index in [0.717, 1.165) is 5.67 Å². The predicted octanol–water partition coefficient (Wildman–Crippen LogP) is 1.15. The first kappa shape index (κ1) is 6.42. The van der Waals surface area contributed by atoms with Gasteiger partial charge in [-0.3, -0.25) is 0 Å². The third-order valence-corrected chi connectivity index (χ3v) is 17.8. The lowest BCUT2D eigenvalue weighted by Crippen LogP contribution is -2.47. The third-order valence-electron chi connectivity index (χ3n) is 1.14. The highest BCUT2D eigenvalue weighted by Crippen LogP contribution is 2.29. The van der Waals surface area contributed by atoms with Crippen LogP contribution in [0.4, 0.5) is 0 Å². The summed E-state index contributed by atoms with van der Waals surface area (Å²) in [5, 5.41) is 0. The van der Waals surface area contributed by atoms with Crippen LogP contribution < -0.4 is 0 Å². The molecule has 1 fully saturated rings. The van der Waals surface area contributed by atoms with Crippen molar-refractivity contribution in [1.82, 2.24) is 0 Å². The molecule has 1 rings (SSSR count). The maximum absolute atomic E-state index is 5.75. The van der Waals surface area contributed by atoms with E-state index in [1.165, 1.54) is 0 Å². The minimum absolute atomic E-state index is 0.281. The fraction of sp³-hybridized carbons (Fsp3) is 1.00. The molecule has 2 unspecified atom stereocenters. The normalized spacial score (nSPS) is 51.0. The molecule has 0 saturated carbocycles. The molecule has 2 atom stereocenters. The van der Waals surface area contributed by atoms with E-state index in [4.69, 9.17) is 33.8 Å². The first-order chi connectivity index (χ1) is 3.22. The van der Waals surface area contributed by atoms with E-state index in [-0.39, 0.29) is 4.62 Å². The highest BCUT2D eigenvalue weighted by molar-refractivity contribution is 7.36. The molecule has 0 aromatic heterocycles. The van der Waals surface area contributed by atoms with Gasteiger partial charge >= 0.3 is 0 Å². The van der Waals surface area contributed by atoms with Crippen molar-refractivity contribution >= 4 is 50.0 Å². The van der Waals surface area contributed by atoms with E-state index in [0.29, 0.717) is 0 Å². The molecular formula is C2H5Cl3Si2. The molecule has 1 saturated heterocycles. The second-order valence-corrected chi connectivity index (χ2v) is 12.6. The third kappa shape index (κ3) is 1.16. The summed E-state index contributed by atoms with van der Waals surface area (Å²) in [6.45, 7) is 0. The van der Waals surface area contributed by atoms with Crippen LogP contribution in [0.15, 0.2) is 0 Å². The number of alkyl halides is 1. The van der Waals surface area contributed by atoms with E-state index in [9.17, 15) is 0 Å². The molecule has 42 valence electrons. The maximum Gasteiger partial charge on any atom is 0.155 e. The first-order valence-electron chi connectivity index (χ1n) is 2.14. The van der Waals surface area contributed by atoms with E-state index >= 15 is 0 Å². The summed E-state index contributed by atoms with van der Waals surface area (Å²) in [7, 11) is -1.91. The largest absolute Gasteiger partial charge is 0.171 e. The van der Waals surface area contributed by atoms with Gasteiger partial charge in [-0.15, -0.1) is 11.6 Å². The maximum atomic E-state index is 5.75. The van der Waals surface area contributed by atoms with Gasteiger partial charge in [0.1, 0.15) is 0 Å². The van der Waals surface area contributed by atoms with Crippen LogP contribution in [0.1, 0.15) is 0 Å². The second kappa shape index (κ2) is 2.27. The summed E-state index contributed by atoms with van der Waals surface area (Å²) in [6, 6.07) is 0.